The van der Waals surface area contributed by atoms with Gasteiger partial charge in [0.1, 0.15) is 0 Å². The average Bonchev–Trinajstić information content (AvgIpc) is 2.02. The van der Waals surface area contributed by atoms with E-state index < -0.39 is 34.1 Å². The molecule has 1 rings (SSSR count). The van der Waals surface area contributed by atoms with Crippen LogP contribution in [0.2, 0.25) is 0 Å². The molecule has 0 spiro atoms. The molecule has 0 saturated carbocycles. The normalized spacial score (nSPS) is 10.6. The highest BCUT2D eigenvalue weighted by Gasteiger charge is 2.21. The fourth-order valence-electron chi connectivity index (χ4n) is 0.806. The number of halogens is 3. The van der Waals surface area contributed by atoms with Crippen molar-refractivity contribution in [3.8, 4) is 0 Å². The van der Waals surface area contributed by atoms with Gasteiger partial charge in [-0.15, -0.1) is 0 Å². The van der Waals surface area contributed by atoms with Crippen LogP contribution in [0.4, 0.5) is 18.9 Å². The van der Waals surface area contributed by atoms with Gasteiger partial charge in [0.05, 0.1) is 10.5 Å². The van der Waals surface area contributed by atoms with Gasteiger partial charge in [-0.05, 0) is 0 Å². The number of aromatic amines is 1. The monoisotopic (exact) mass is 208 g/mol. The summed E-state index contributed by atoms with van der Waals surface area (Å²) in [6.07, 6.45) is -3.22. The molecule has 0 aliphatic rings. The third kappa shape index (κ3) is 1.73. The maximum absolute atomic E-state index is 12.6. The lowest BCUT2D eigenvalue weighted by molar-refractivity contribution is -0.386. The molecular weight excluding hydrogens is 205 g/mol. The first-order valence-electron chi connectivity index (χ1n) is 3.28. The number of pyridine rings is 1. The molecule has 0 saturated heterocycles. The van der Waals surface area contributed by atoms with Crippen LogP contribution in [0.3, 0.4) is 0 Å². The minimum Gasteiger partial charge on any atom is -0.292 e. The molecule has 0 amide bonds. The van der Waals surface area contributed by atoms with Crippen LogP contribution >= 0.6 is 0 Å². The van der Waals surface area contributed by atoms with Crippen molar-refractivity contribution in [1.29, 1.82) is 0 Å². The highest BCUT2D eigenvalue weighted by molar-refractivity contribution is 5.31. The van der Waals surface area contributed by atoms with E-state index in [0.717, 1.165) is 0 Å². The number of H-pyrrole nitrogens is 1. The van der Waals surface area contributed by atoms with Crippen molar-refractivity contribution in [3.05, 3.63) is 38.0 Å². The molecule has 8 heteroatoms. The van der Waals surface area contributed by atoms with Crippen molar-refractivity contribution in [2.75, 3.05) is 0 Å². The van der Waals surface area contributed by atoms with Crippen molar-refractivity contribution in [2.24, 2.45) is 0 Å². The van der Waals surface area contributed by atoms with E-state index in [2.05, 4.69) is 0 Å². The quantitative estimate of drug-likeness (QED) is 0.452. The molecule has 0 unspecified atom stereocenters. The third-order valence-corrected chi connectivity index (χ3v) is 1.43. The van der Waals surface area contributed by atoms with Crippen LogP contribution in [0.1, 0.15) is 12.0 Å². The van der Waals surface area contributed by atoms with Crippen molar-refractivity contribution < 1.29 is 18.1 Å². The minimum atomic E-state index is -3.22. The van der Waals surface area contributed by atoms with Gasteiger partial charge < -0.3 is 0 Å². The fraction of sp³-hybridized carbons (Fsp3) is 0.167. The molecule has 5 nitrogen and oxygen atoms in total. The molecule has 0 bridgehead atoms. The van der Waals surface area contributed by atoms with Crippen molar-refractivity contribution >= 4 is 5.69 Å². The predicted molar refractivity (Wildman–Crippen MR) is 38.6 cm³/mol. The van der Waals surface area contributed by atoms with Crippen LogP contribution in [0.25, 0.3) is 0 Å². The Bertz CT molecular complexity index is 429. The number of rotatable bonds is 2. The number of nitrogens with zero attached hydrogens (tertiary/aromatic N) is 1. The Hall–Kier alpha value is -1.86. The van der Waals surface area contributed by atoms with Gasteiger partial charge in [-0.2, -0.15) is 4.39 Å². The lowest BCUT2D eigenvalue weighted by Crippen LogP contribution is -2.15. The van der Waals surface area contributed by atoms with E-state index in [4.69, 9.17) is 0 Å². The molecule has 1 N–H and O–H groups in total. The summed E-state index contributed by atoms with van der Waals surface area (Å²) >= 11 is 0. The highest BCUT2D eigenvalue weighted by Crippen LogP contribution is 2.22. The highest BCUT2D eigenvalue weighted by atomic mass is 19.3. The van der Waals surface area contributed by atoms with Crippen LogP contribution in [-0.4, -0.2) is 9.91 Å². The Morgan fingerprint density at radius 2 is 2.07 bits per heavy atom. The van der Waals surface area contributed by atoms with Gasteiger partial charge in [-0.1, -0.05) is 0 Å². The SMILES string of the molecule is O=c1[nH]c(F)c(C(F)F)cc1[N+](=O)[O-]. The lowest BCUT2D eigenvalue weighted by atomic mass is 10.2. The molecule has 0 aliphatic heterocycles. The Kier molecular flexibility index (Phi) is 2.54. The van der Waals surface area contributed by atoms with Crippen molar-refractivity contribution in [1.82, 2.24) is 4.98 Å². The van der Waals surface area contributed by atoms with Gasteiger partial charge in [0.25, 0.3) is 6.43 Å². The van der Waals surface area contributed by atoms with Crippen molar-refractivity contribution in [2.45, 2.75) is 6.43 Å². The summed E-state index contributed by atoms with van der Waals surface area (Å²) < 4.78 is 36.6. The summed E-state index contributed by atoms with van der Waals surface area (Å²) in [6, 6.07) is 0.221. The Morgan fingerprint density at radius 1 is 1.50 bits per heavy atom. The second kappa shape index (κ2) is 3.48. The molecule has 76 valence electrons. The first-order chi connectivity index (χ1) is 6.43. The molecule has 0 fully saturated rings. The molecule has 1 heterocycles. The summed E-state index contributed by atoms with van der Waals surface area (Å²) in [5.41, 5.74) is -3.66. The van der Waals surface area contributed by atoms with E-state index >= 15 is 0 Å². The summed E-state index contributed by atoms with van der Waals surface area (Å²) in [5.74, 6) is -1.56. The summed E-state index contributed by atoms with van der Waals surface area (Å²) in [5, 5.41) is 10.1. The van der Waals surface area contributed by atoms with E-state index in [-0.39, 0.29) is 6.07 Å². The third-order valence-electron chi connectivity index (χ3n) is 1.43. The maximum atomic E-state index is 12.6. The topological polar surface area (TPSA) is 76.0 Å². The van der Waals surface area contributed by atoms with Gasteiger partial charge in [-0.25, -0.2) is 8.78 Å². The van der Waals surface area contributed by atoms with Crippen LogP contribution in [0.15, 0.2) is 10.9 Å². The standard InChI is InChI=1S/C6H3F3N2O3/c7-4(8)2-1-3(11(13)14)6(12)10-5(2)9/h1,4H,(H,10,12). The zero-order valence-corrected chi connectivity index (χ0v) is 6.46. The summed E-state index contributed by atoms with van der Waals surface area (Å²) in [6.45, 7) is 0. The number of nitrogens with one attached hydrogen (secondary N) is 1. The van der Waals surface area contributed by atoms with E-state index in [0.29, 0.717) is 0 Å². The van der Waals surface area contributed by atoms with E-state index in [1.54, 1.807) is 0 Å². The number of hydrogen-bond donors (Lipinski definition) is 1. The van der Waals surface area contributed by atoms with Gasteiger partial charge in [0.2, 0.25) is 5.95 Å². The first kappa shape index (κ1) is 10.2. The molecule has 0 aromatic carbocycles. The molecule has 1 aromatic heterocycles. The van der Waals surface area contributed by atoms with Crippen molar-refractivity contribution in [3.63, 3.8) is 0 Å². The zero-order chi connectivity index (χ0) is 10.9. The number of nitro groups is 1. The second-order valence-corrected chi connectivity index (χ2v) is 2.31. The Balaban J connectivity index is 3.42. The van der Waals surface area contributed by atoms with E-state index in [1.165, 1.54) is 4.98 Å². The number of aromatic nitrogens is 1. The Labute approximate surface area is 74.3 Å². The average molecular weight is 208 g/mol. The van der Waals surface area contributed by atoms with Crippen LogP contribution < -0.4 is 5.56 Å². The van der Waals surface area contributed by atoms with Crippen LogP contribution in [0.5, 0.6) is 0 Å². The van der Waals surface area contributed by atoms with Gasteiger partial charge in [0, 0.05) is 6.07 Å². The molecule has 0 radical (unpaired) electrons. The molecule has 0 atom stereocenters. The smallest absolute Gasteiger partial charge is 0.292 e. The van der Waals surface area contributed by atoms with Gasteiger partial charge >= 0.3 is 11.2 Å². The molecule has 14 heavy (non-hydrogen) atoms. The zero-order valence-electron chi connectivity index (χ0n) is 6.46. The molecular formula is C6H3F3N2O3. The largest absolute Gasteiger partial charge is 0.334 e. The van der Waals surface area contributed by atoms with Crippen LogP contribution in [-0.2, 0) is 0 Å². The Morgan fingerprint density at radius 3 is 2.50 bits per heavy atom. The number of hydrogen-bond acceptors (Lipinski definition) is 3. The first-order valence-corrected chi connectivity index (χ1v) is 3.28. The lowest BCUT2D eigenvalue weighted by Gasteiger charge is -1.99. The summed E-state index contributed by atoms with van der Waals surface area (Å²) in [4.78, 5) is 21.0. The maximum Gasteiger partial charge on any atom is 0.334 e. The number of alkyl halides is 2. The van der Waals surface area contributed by atoms with Gasteiger partial charge in [-0.3, -0.25) is 19.9 Å². The molecule has 0 aliphatic carbocycles. The summed E-state index contributed by atoms with van der Waals surface area (Å²) in [7, 11) is 0. The second-order valence-electron chi connectivity index (χ2n) is 2.31. The minimum absolute atomic E-state index is 0.221. The van der Waals surface area contributed by atoms with Crippen LogP contribution in [0, 0.1) is 16.1 Å². The van der Waals surface area contributed by atoms with E-state index in [9.17, 15) is 28.1 Å². The molecule has 1 aromatic rings. The van der Waals surface area contributed by atoms with E-state index in [1.807, 2.05) is 0 Å². The predicted octanol–water partition coefficient (Wildman–Crippen LogP) is 1.36. The van der Waals surface area contributed by atoms with Gasteiger partial charge in [0.15, 0.2) is 0 Å². The fourth-order valence-corrected chi connectivity index (χ4v) is 0.806.